The first-order valence-electron chi connectivity index (χ1n) is 10.3. The van der Waals surface area contributed by atoms with Gasteiger partial charge in [0.2, 0.25) is 0 Å². The molecule has 1 aromatic rings. The van der Waals surface area contributed by atoms with E-state index >= 15 is 0 Å². The fourth-order valence-corrected chi connectivity index (χ4v) is 5.22. The highest BCUT2D eigenvalue weighted by molar-refractivity contribution is 14.0. The molecule has 2 aliphatic heterocycles. The first-order valence-corrected chi connectivity index (χ1v) is 12.5. The van der Waals surface area contributed by atoms with Crippen LogP contribution in [0.25, 0.3) is 0 Å². The van der Waals surface area contributed by atoms with Crippen LogP contribution in [0, 0.1) is 6.92 Å². The second kappa shape index (κ2) is 11.7. The van der Waals surface area contributed by atoms with Gasteiger partial charge < -0.3 is 15.1 Å². The lowest BCUT2D eigenvalue weighted by Gasteiger charge is -2.38. The predicted octanol–water partition coefficient (Wildman–Crippen LogP) is 2.08. The maximum Gasteiger partial charge on any atom is 0.194 e. The van der Waals surface area contributed by atoms with Gasteiger partial charge in [-0.1, -0.05) is 17.7 Å². The van der Waals surface area contributed by atoms with E-state index in [0.717, 1.165) is 50.3 Å². The number of nitrogens with zero attached hydrogens (tertiary/aromatic N) is 4. The van der Waals surface area contributed by atoms with E-state index in [0.29, 0.717) is 19.6 Å². The van der Waals surface area contributed by atoms with Crippen molar-refractivity contribution < 1.29 is 8.42 Å². The molecule has 2 aliphatic rings. The topological polar surface area (TPSA) is 68.2 Å². The van der Waals surface area contributed by atoms with Gasteiger partial charge in [-0.2, -0.15) is 0 Å². The van der Waals surface area contributed by atoms with E-state index in [1.807, 2.05) is 12.1 Å². The predicted molar refractivity (Wildman–Crippen MR) is 136 cm³/mol. The summed E-state index contributed by atoms with van der Waals surface area (Å²) in [5.41, 5.74) is 2.45. The van der Waals surface area contributed by atoms with Crippen molar-refractivity contribution in [2.45, 2.75) is 13.8 Å². The van der Waals surface area contributed by atoms with Crippen LogP contribution in [0.3, 0.4) is 0 Å². The van der Waals surface area contributed by atoms with Gasteiger partial charge in [0.05, 0.1) is 18.1 Å². The normalized spacial score (nSPS) is 20.0. The summed E-state index contributed by atoms with van der Waals surface area (Å²) in [7, 11) is -2.83. The Balaban J connectivity index is 0.00000320. The van der Waals surface area contributed by atoms with E-state index < -0.39 is 9.84 Å². The molecule has 0 aromatic heterocycles. The molecular formula is C20H33ClIN5O2S. The van der Waals surface area contributed by atoms with E-state index in [1.54, 1.807) is 0 Å². The fraction of sp³-hybridized carbons (Fsp3) is 0.650. The summed E-state index contributed by atoms with van der Waals surface area (Å²) >= 11 is 6.19. The molecule has 1 N–H and O–H groups in total. The summed E-state index contributed by atoms with van der Waals surface area (Å²) in [5.74, 6) is 1.48. The quantitative estimate of drug-likeness (QED) is 0.333. The third-order valence-corrected chi connectivity index (χ3v) is 7.39. The summed E-state index contributed by atoms with van der Waals surface area (Å²) in [6, 6.07) is 6.05. The van der Waals surface area contributed by atoms with Gasteiger partial charge in [-0.25, -0.2) is 8.42 Å². The number of hydrogen-bond acceptors (Lipinski definition) is 5. The second-order valence-electron chi connectivity index (χ2n) is 7.63. The number of piperazine rings is 1. The largest absolute Gasteiger partial charge is 0.368 e. The second-order valence-corrected chi connectivity index (χ2v) is 10.4. The van der Waals surface area contributed by atoms with Gasteiger partial charge >= 0.3 is 0 Å². The molecule has 1 aromatic carbocycles. The van der Waals surface area contributed by atoms with Gasteiger partial charge in [-0.05, 0) is 31.5 Å². The highest BCUT2D eigenvalue weighted by atomic mass is 127. The lowest BCUT2D eigenvalue weighted by atomic mass is 10.1. The molecule has 30 heavy (non-hydrogen) atoms. The molecule has 2 saturated heterocycles. The summed E-state index contributed by atoms with van der Waals surface area (Å²) in [4.78, 5) is 11.7. The number of rotatable bonds is 5. The van der Waals surface area contributed by atoms with Crippen molar-refractivity contribution in [3.63, 3.8) is 0 Å². The highest BCUT2D eigenvalue weighted by Gasteiger charge is 2.22. The minimum Gasteiger partial charge on any atom is -0.368 e. The van der Waals surface area contributed by atoms with Crippen LogP contribution >= 0.6 is 35.6 Å². The number of benzene rings is 1. The Morgan fingerprint density at radius 3 is 2.43 bits per heavy atom. The van der Waals surface area contributed by atoms with Crippen LogP contribution in [0.2, 0.25) is 5.02 Å². The average molecular weight is 570 g/mol. The summed E-state index contributed by atoms with van der Waals surface area (Å²) in [5, 5.41) is 4.17. The fourth-order valence-electron chi connectivity index (χ4n) is 3.78. The molecule has 170 valence electrons. The third-order valence-electron chi connectivity index (χ3n) is 5.54. The first-order chi connectivity index (χ1) is 13.9. The molecule has 0 saturated carbocycles. The summed E-state index contributed by atoms with van der Waals surface area (Å²) in [6.07, 6.45) is 0. The number of aliphatic imine (C=N–C) groups is 1. The summed E-state index contributed by atoms with van der Waals surface area (Å²) in [6.45, 7) is 11.4. The van der Waals surface area contributed by atoms with Crippen molar-refractivity contribution >= 4 is 57.1 Å². The van der Waals surface area contributed by atoms with Crippen LogP contribution in [0.5, 0.6) is 0 Å². The monoisotopic (exact) mass is 569 g/mol. The SMILES string of the molecule is CCNC(=NCCN1CCS(=O)(=O)CC1)N1CCN(c2cc(Cl)ccc2C)CC1.I. The molecule has 0 atom stereocenters. The average Bonchev–Trinajstić information content (AvgIpc) is 2.70. The zero-order valence-corrected chi connectivity index (χ0v) is 21.7. The zero-order valence-electron chi connectivity index (χ0n) is 17.8. The van der Waals surface area contributed by atoms with Gasteiger partial charge in [0.15, 0.2) is 15.8 Å². The van der Waals surface area contributed by atoms with Crippen LogP contribution in [0.1, 0.15) is 12.5 Å². The number of halogens is 2. The van der Waals surface area contributed by atoms with Crippen LogP contribution in [0.15, 0.2) is 23.2 Å². The van der Waals surface area contributed by atoms with Gasteiger partial charge in [-0.3, -0.25) is 9.89 Å². The van der Waals surface area contributed by atoms with Crippen molar-refractivity contribution in [1.29, 1.82) is 0 Å². The van der Waals surface area contributed by atoms with Crippen LogP contribution in [0.4, 0.5) is 5.69 Å². The molecule has 0 unspecified atom stereocenters. The number of anilines is 1. The number of aryl methyl sites for hydroxylation is 1. The van der Waals surface area contributed by atoms with Crippen LogP contribution in [-0.4, -0.2) is 94.6 Å². The highest BCUT2D eigenvalue weighted by Crippen LogP contribution is 2.25. The Bertz CT molecular complexity index is 814. The van der Waals surface area contributed by atoms with Gasteiger partial charge in [0.25, 0.3) is 0 Å². The Hall–Kier alpha value is -0.780. The lowest BCUT2D eigenvalue weighted by Crippen LogP contribution is -2.53. The molecule has 0 radical (unpaired) electrons. The van der Waals surface area contributed by atoms with Crippen LogP contribution in [-0.2, 0) is 9.84 Å². The molecule has 7 nitrogen and oxygen atoms in total. The van der Waals surface area contributed by atoms with E-state index in [9.17, 15) is 8.42 Å². The maximum absolute atomic E-state index is 11.6. The Morgan fingerprint density at radius 1 is 1.13 bits per heavy atom. The minimum absolute atomic E-state index is 0. The lowest BCUT2D eigenvalue weighted by molar-refractivity contribution is 0.302. The number of hydrogen-bond donors (Lipinski definition) is 1. The van der Waals surface area contributed by atoms with Crippen molar-refractivity contribution in [1.82, 2.24) is 15.1 Å². The number of nitrogens with one attached hydrogen (secondary N) is 1. The molecule has 0 amide bonds. The third kappa shape index (κ3) is 7.13. The van der Waals surface area contributed by atoms with Crippen molar-refractivity contribution in [3.8, 4) is 0 Å². The Labute approximate surface area is 202 Å². The van der Waals surface area contributed by atoms with Gasteiger partial charge in [0.1, 0.15) is 0 Å². The molecular weight excluding hydrogens is 537 g/mol. The first kappa shape index (κ1) is 25.5. The molecule has 3 rings (SSSR count). The molecule has 0 spiro atoms. The number of sulfone groups is 1. The van der Waals surface area contributed by atoms with Gasteiger partial charge in [0, 0.05) is 63.1 Å². The maximum atomic E-state index is 11.6. The van der Waals surface area contributed by atoms with Crippen molar-refractivity contribution in [2.75, 3.05) is 75.3 Å². The van der Waals surface area contributed by atoms with Gasteiger partial charge in [-0.15, -0.1) is 24.0 Å². The smallest absolute Gasteiger partial charge is 0.194 e. The zero-order chi connectivity index (χ0) is 20.9. The molecule has 2 fully saturated rings. The van der Waals surface area contributed by atoms with E-state index in [1.165, 1.54) is 11.3 Å². The number of guanidine groups is 1. The molecule has 2 heterocycles. The molecule has 0 aliphatic carbocycles. The standard InChI is InChI=1S/C20H32ClN5O2S.HI/c1-3-22-20(23-6-7-24-12-14-29(27,28)15-13-24)26-10-8-25(9-11-26)19-16-18(21)5-4-17(19)2;/h4-5,16H,3,6-15H2,1-2H3,(H,22,23);1H. The van der Waals surface area contributed by atoms with E-state index in [-0.39, 0.29) is 35.5 Å². The Kier molecular flexibility index (Phi) is 9.96. The van der Waals surface area contributed by atoms with Crippen molar-refractivity contribution in [2.24, 2.45) is 4.99 Å². The molecule has 10 heteroatoms. The van der Waals surface area contributed by atoms with Crippen molar-refractivity contribution in [3.05, 3.63) is 28.8 Å². The molecule has 0 bridgehead atoms. The minimum atomic E-state index is -2.83. The van der Waals surface area contributed by atoms with Crippen LogP contribution < -0.4 is 10.2 Å². The van der Waals surface area contributed by atoms with E-state index in [4.69, 9.17) is 16.6 Å². The Morgan fingerprint density at radius 2 is 1.80 bits per heavy atom. The van der Waals surface area contributed by atoms with E-state index in [2.05, 4.69) is 39.9 Å². The summed E-state index contributed by atoms with van der Waals surface area (Å²) < 4.78 is 23.1.